The summed E-state index contributed by atoms with van der Waals surface area (Å²) in [6.07, 6.45) is 4.09. The molecule has 1 heterocycles. The van der Waals surface area contributed by atoms with Crippen molar-refractivity contribution in [2.45, 2.75) is 37.6 Å². The van der Waals surface area contributed by atoms with Crippen LogP contribution in [0.25, 0.3) is 0 Å². The maximum atomic E-state index is 11.4. The highest BCUT2D eigenvalue weighted by molar-refractivity contribution is 5.75. The first-order valence-corrected chi connectivity index (χ1v) is 9.86. The molecule has 1 aromatic rings. The van der Waals surface area contributed by atoms with Crippen molar-refractivity contribution < 1.29 is 9.53 Å². The molecule has 1 saturated carbocycles. The molecule has 2 N–H and O–H groups in total. The maximum absolute atomic E-state index is 11.4. The summed E-state index contributed by atoms with van der Waals surface area (Å²) in [7, 11) is 3.51. The number of hydrogen-bond donors (Lipinski definition) is 2. The van der Waals surface area contributed by atoms with E-state index in [1.165, 1.54) is 12.0 Å². The van der Waals surface area contributed by atoms with Gasteiger partial charge < -0.3 is 20.3 Å². The zero-order valence-electron chi connectivity index (χ0n) is 16.2. The Bertz CT molecular complexity index is 570. The van der Waals surface area contributed by atoms with Gasteiger partial charge in [-0.1, -0.05) is 30.3 Å². The van der Waals surface area contributed by atoms with Gasteiger partial charge in [0.2, 0.25) is 5.91 Å². The number of likely N-dealkylation sites (tertiary alicyclic amines) is 1. The van der Waals surface area contributed by atoms with Gasteiger partial charge in [-0.05, 0) is 37.9 Å². The van der Waals surface area contributed by atoms with Crippen LogP contribution in [0, 0.1) is 5.41 Å². The van der Waals surface area contributed by atoms with Gasteiger partial charge in [0.05, 0.1) is 6.61 Å². The van der Waals surface area contributed by atoms with E-state index < -0.39 is 0 Å². The van der Waals surface area contributed by atoms with Gasteiger partial charge in [-0.15, -0.1) is 0 Å². The van der Waals surface area contributed by atoms with E-state index in [1.54, 1.807) is 7.05 Å². The normalized spacial score (nSPS) is 25.0. The number of piperidine rings is 1. The number of amides is 1. The van der Waals surface area contributed by atoms with Gasteiger partial charge in [0, 0.05) is 51.0 Å². The summed E-state index contributed by atoms with van der Waals surface area (Å²) in [5, 5.41) is 6.51. The van der Waals surface area contributed by atoms with Gasteiger partial charge in [-0.3, -0.25) is 4.79 Å². The van der Waals surface area contributed by atoms with Crippen LogP contribution in [0.5, 0.6) is 0 Å². The minimum Gasteiger partial charge on any atom is -0.384 e. The van der Waals surface area contributed by atoms with Crippen LogP contribution in [0.2, 0.25) is 0 Å². The second kappa shape index (κ2) is 8.98. The third-order valence-electron chi connectivity index (χ3n) is 6.06. The molecule has 1 unspecified atom stereocenters. The zero-order chi connectivity index (χ0) is 18.4. The lowest BCUT2D eigenvalue weighted by Gasteiger charge is -2.41. The highest BCUT2D eigenvalue weighted by Crippen LogP contribution is 2.41. The highest BCUT2D eigenvalue weighted by Gasteiger charge is 2.41. The van der Waals surface area contributed by atoms with E-state index in [-0.39, 0.29) is 11.3 Å². The van der Waals surface area contributed by atoms with Crippen LogP contribution >= 0.6 is 0 Å². The first-order chi connectivity index (χ1) is 12.7. The molecule has 26 heavy (non-hydrogen) atoms. The number of carbonyl (C=O) groups excluding carboxylic acids is 1. The molecule has 1 saturated heterocycles. The van der Waals surface area contributed by atoms with Crippen LogP contribution in [-0.2, 0) is 9.53 Å². The topological polar surface area (TPSA) is 53.6 Å². The monoisotopic (exact) mass is 359 g/mol. The third kappa shape index (κ3) is 5.06. The molecule has 0 bridgehead atoms. The quantitative estimate of drug-likeness (QED) is 0.708. The molecule has 1 aliphatic heterocycles. The Morgan fingerprint density at radius 1 is 1.27 bits per heavy atom. The molecule has 2 fully saturated rings. The fourth-order valence-corrected chi connectivity index (χ4v) is 4.15. The number of hydrogen-bond acceptors (Lipinski definition) is 4. The van der Waals surface area contributed by atoms with Gasteiger partial charge in [0.15, 0.2) is 0 Å². The number of ether oxygens (including phenoxy) is 1. The highest BCUT2D eigenvalue weighted by atomic mass is 16.5. The molecule has 0 radical (unpaired) electrons. The lowest BCUT2D eigenvalue weighted by atomic mass is 9.78. The summed E-state index contributed by atoms with van der Waals surface area (Å²) >= 11 is 0. The second-order valence-corrected chi connectivity index (χ2v) is 7.94. The van der Waals surface area contributed by atoms with Crippen molar-refractivity contribution in [1.29, 1.82) is 0 Å². The number of methoxy groups -OCH3 is 1. The van der Waals surface area contributed by atoms with E-state index in [9.17, 15) is 4.79 Å². The van der Waals surface area contributed by atoms with Gasteiger partial charge in [0.1, 0.15) is 0 Å². The summed E-state index contributed by atoms with van der Waals surface area (Å²) in [6.45, 7) is 4.79. The minimum absolute atomic E-state index is 0.126. The van der Waals surface area contributed by atoms with Crippen molar-refractivity contribution in [2.75, 3.05) is 46.9 Å². The molecule has 2 atom stereocenters. The van der Waals surface area contributed by atoms with Crippen LogP contribution in [0.15, 0.2) is 30.3 Å². The first-order valence-electron chi connectivity index (χ1n) is 9.86. The lowest BCUT2D eigenvalue weighted by Crippen LogP contribution is -2.48. The SMILES string of the molecule is CNC(=O)CCN1CCC(CN[C@@H]2CC2c2ccccc2)(COC)CC1. The maximum Gasteiger partial charge on any atom is 0.221 e. The predicted molar refractivity (Wildman–Crippen MR) is 104 cm³/mol. The molecular weight excluding hydrogens is 326 g/mol. The van der Waals surface area contributed by atoms with Crippen LogP contribution in [0.1, 0.15) is 37.2 Å². The molecule has 3 rings (SSSR count). The average Bonchev–Trinajstić information content (AvgIpc) is 3.46. The number of carbonyl (C=O) groups is 1. The summed E-state index contributed by atoms with van der Waals surface area (Å²) in [4.78, 5) is 13.9. The first kappa shape index (κ1) is 19.3. The molecule has 1 aromatic carbocycles. The van der Waals surface area contributed by atoms with Crippen molar-refractivity contribution in [1.82, 2.24) is 15.5 Å². The average molecular weight is 360 g/mol. The Balaban J connectivity index is 1.45. The molecule has 1 aliphatic carbocycles. The van der Waals surface area contributed by atoms with Crippen LogP contribution in [-0.4, -0.2) is 63.8 Å². The molecule has 5 nitrogen and oxygen atoms in total. The van der Waals surface area contributed by atoms with Gasteiger partial charge in [0.25, 0.3) is 0 Å². The van der Waals surface area contributed by atoms with E-state index >= 15 is 0 Å². The smallest absolute Gasteiger partial charge is 0.221 e. The Kier molecular flexibility index (Phi) is 6.68. The number of benzene rings is 1. The Morgan fingerprint density at radius 3 is 2.65 bits per heavy atom. The number of nitrogens with one attached hydrogen (secondary N) is 2. The Hall–Kier alpha value is -1.43. The van der Waals surface area contributed by atoms with Crippen molar-refractivity contribution in [3.63, 3.8) is 0 Å². The van der Waals surface area contributed by atoms with E-state index in [2.05, 4.69) is 45.9 Å². The zero-order valence-corrected chi connectivity index (χ0v) is 16.2. The second-order valence-electron chi connectivity index (χ2n) is 7.94. The summed E-state index contributed by atoms with van der Waals surface area (Å²) in [6, 6.07) is 11.4. The van der Waals surface area contributed by atoms with Gasteiger partial charge in [-0.2, -0.15) is 0 Å². The molecule has 1 amide bonds. The number of nitrogens with zero attached hydrogens (tertiary/aromatic N) is 1. The summed E-state index contributed by atoms with van der Waals surface area (Å²) < 4.78 is 5.58. The molecule has 2 aliphatic rings. The van der Waals surface area contributed by atoms with E-state index in [0.29, 0.717) is 18.4 Å². The summed E-state index contributed by atoms with van der Waals surface area (Å²) in [5.41, 5.74) is 1.68. The third-order valence-corrected chi connectivity index (χ3v) is 6.06. The molecule has 5 heteroatoms. The van der Waals surface area contributed by atoms with Crippen molar-refractivity contribution in [3.05, 3.63) is 35.9 Å². The Labute approximate surface area is 157 Å². The van der Waals surface area contributed by atoms with Crippen LogP contribution in [0.3, 0.4) is 0 Å². The van der Waals surface area contributed by atoms with Crippen molar-refractivity contribution in [3.8, 4) is 0 Å². The van der Waals surface area contributed by atoms with Crippen molar-refractivity contribution >= 4 is 5.91 Å². The predicted octanol–water partition coefficient (Wildman–Crippen LogP) is 2.00. The molecule has 0 aromatic heterocycles. The van der Waals surface area contributed by atoms with Crippen molar-refractivity contribution in [2.24, 2.45) is 5.41 Å². The van der Waals surface area contributed by atoms with E-state index in [1.807, 2.05) is 7.11 Å². The van der Waals surface area contributed by atoms with E-state index in [0.717, 1.165) is 45.6 Å². The number of rotatable bonds is 9. The van der Waals surface area contributed by atoms with Crippen LogP contribution < -0.4 is 10.6 Å². The Morgan fingerprint density at radius 2 is 2.00 bits per heavy atom. The van der Waals surface area contributed by atoms with Gasteiger partial charge >= 0.3 is 0 Å². The lowest BCUT2D eigenvalue weighted by molar-refractivity contribution is -0.121. The van der Waals surface area contributed by atoms with Gasteiger partial charge in [-0.25, -0.2) is 0 Å². The molecule has 0 spiro atoms. The minimum atomic E-state index is 0.126. The fraction of sp³-hybridized carbons (Fsp3) is 0.667. The molecule has 144 valence electrons. The standard InChI is InChI=1S/C21H33N3O2/c1-22-20(25)8-11-24-12-9-21(10-13-24,16-26-2)15-23-19-14-18(19)17-6-4-3-5-7-17/h3-7,18-19,23H,8-16H2,1-2H3,(H,22,25)/t18?,19-/m1/s1. The van der Waals surface area contributed by atoms with Crippen LogP contribution in [0.4, 0.5) is 0 Å². The largest absolute Gasteiger partial charge is 0.384 e. The van der Waals surface area contributed by atoms with E-state index in [4.69, 9.17) is 4.74 Å². The molecular formula is C21H33N3O2. The summed E-state index contributed by atoms with van der Waals surface area (Å²) in [5.74, 6) is 0.796. The fourth-order valence-electron chi connectivity index (χ4n) is 4.15.